The molecule has 0 aliphatic heterocycles. The van der Waals surface area contributed by atoms with Crippen LogP contribution in [0, 0.1) is 0 Å². The maximum absolute atomic E-state index is 3.67. The number of halogens is 2. The Bertz CT molecular complexity index is 2380. The predicted octanol–water partition coefficient (Wildman–Crippen LogP) is 16.0. The van der Waals surface area contributed by atoms with E-state index in [9.17, 15) is 0 Å². The van der Waals surface area contributed by atoms with Crippen molar-refractivity contribution in [2.45, 2.75) is 75.0 Å². The number of hydrogen-bond donors (Lipinski definition) is 0. The highest BCUT2D eigenvalue weighted by Gasteiger charge is 2.34. The maximum atomic E-state index is 3.67. The van der Waals surface area contributed by atoms with Crippen LogP contribution < -0.4 is 9.80 Å². The summed E-state index contributed by atoms with van der Waals surface area (Å²) in [5.41, 5.74) is 13.6. The monoisotopic (exact) mass is 828 g/mol. The van der Waals surface area contributed by atoms with Crippen molar-refractivity contribution in [2.24, 2.45) is 0 Å². The molecule has 0 radical (unpaired) electrons. The Kier molecular flexibility index (Phi) is 8.03. The predicted molar refractivity (Wildman–Crippen MR) is 234 cm³/mol. The fourth-order valence-electron chi connectivity index (χ4n) is 10.7. The molecule has 0 unspecified atom stereocenters. The van der Waals surface area contributed by atoms with Crippen molar-refractivity contribution in [3.8, 4) is 0 Å². The van der Waals surface area contributed by atoms with Crippen molar-refractivity contribution in [3.63, 3.8) is 0 Å². The molecule has 2 saturated carbocycles. The van der Waals surface area contributed by atoms with Crippen LogP contribution in [0.3, 0.4) is 0 Å². The van der Waals surface area contributed by atoms with Gasteiger partial charge in [0.2, 0.25) is 0 Å². The molecule has 0 saturated heterocycles. The van der Waals surface area contributed by atoms with Gasteiger partial charge in [-0.3, -0.25) is 0 Å². The van der Waals surface area contributed by atoms with E-state index in [1.165, 1.54) is 107 Å². The topological polar surface area (TPSA) is 6.48 Å². The molecule has 7 aromatic carbocycles. The molecule has 54 heavy (non-hydrogen) atoms. The van der Waals surface area contributed by atoms with Gasteiger partial charge in [-0.2, -0.15) is 0 Å². The van der Waals surface area contributed by atoms with Gasteiger partial charge >= 0.3 is 0 Å². The summed E-state index contributed by atoms with van der Waals surface area (Å²) < 4.78 is 2.19. The molecule has 0 heterocycles. The molecule has 0 spiro atoms. The number of fused-ring (bicyclic) bond motifs is 7. The normalized spacial score (nSPS) is 20.9. The van der Waals surface area contributed by atoms with E-state index in [2.05, 4.69) is 175 Å². The van der Waals surface area contributed by atoms with E-state index in [-0.39, 0.29) is 0 Å². The SMILES string of the molecule is Brc1ccc(N(c2ccc3c(c2)C2CCC3CC2)c2ccc3c(ccc4cc(N(c5ccc(Br)cc5)c5ccc6c(c5)C5CCC6CC5)ccc43)c2)cc1. The van der Waals surface area contributed by atoms with Crippen LogP contribution in [0.2, 0.25) is 0 Å². The summed E-state index contributed by atoms with van der Waals surface area (Å²) in [5, 5.41) is 5.06. The summed E-state index contributed by atoms with van der Waals surface area (Å²) >= 11 is 7.35. The summed E-state index contributed by atoms with van der Waals surface area (Å²) in [6, 6.07) is 50.8. The molecule has 13 rings (SSSR count). The molecular weight excluding hydrogens is 788 g/mol. The molecule has 7 aromatic rings. The van der Waals surface area contributed by atoms with Crippen molar-refractivity contribution in [1.82, 2.24) is 0 Å². The molecular formula is C50H42Br2N2. The largest absolute Gasteiger partial charge is 0.310 e. The van der Waals surface area contributed by atoms with Gasteiger partial charge in [0.25, 0.3) is 0 Å². The lowest BCUT2D eigenvalue weighted by atomic mass is 9.67. The Labute approximate surface area is 335 Å². The summed E-state index contributed by atoms with van der Waals surface area (Å²) in [4.78, 5) is 4.89. The van der Waals surface area contributed by atoms with E-state index in [0.717, 1.165) is 20.8 Å². The van der Waals surface area contributed by atoms with Gasteiger partial charge in [0, 0.05) is 43.1 Å². The molecule has 6 aliphatic rings. The molecule has 0 N–H and O–H groups in total. The Hall–Kier alpha value is -4.38. The number of nitrogens with zero attached hydrogens (tertiary/aromatic N) is 2. The third-order valence-corrected chi connectivity index (χ3v) is 14.4. The molecule has 0 atom stereocenters. The minimum Gasteiger partial charge on any atom is -0.310 e. The van der Waals surface area contributed by atoms with Gasteiger partial charge in [0.1, 0.15) is 0 Å². The van der Waals surface area contributed by atoms with Gasteiger partial charge in [-0.25, -0.2) is 0 Å². The number of rotatable bonds is 6. The van der Waals surface area contributed by atoms with Gasteiger partial charge in [0.15, 0.2) is 0 Å². The lowest BCUT2D eigenvalue weighted by Crippen LogP contribution is -2.22. The number of anilines is 6. The number of benzene rings is 7. The Morgan fingerprint density at radius 1 is 0.315 bits per heavy atom. The molecule has 6 aliphatic carbocycles. The van der Waals surface area contributed by atoms with Crippen molar-refractivity contribution in [1.29, 1.82) is 0 Å². The first kappa shape index (κ1) is 33.0. The van der Waals surface area contributed by atoms with Crippen LogP contribution in [-0.2, 0) is 0 Å². The lowest BCUT2D eigenvalue weighted by molar-refractivity contribution is 0.359. The molecule has 4 heteroatoms. The maximum Gasteiger partial charge on any atom is 0.0468 e. The van der Waals surface area contributed by atoms with Crippen LogP contribution in [0.5, 0.6) is 0 Å². The van der Waals surface area contributed by atoms with Crippen molar-refractivity contribution >= 4 is 87.5 Å². The van der Waals surface area contributed by atoms with Gasteiger partial charge in [0.05, 0.1) is 0 Å². The number of hydrogen-bond acceptors (Lipinski definition) is 2. The second kappa shape index (κ2) is 13.1. The molecule has 4 bridgehead atoms. The lowest BCUT2D eigenvalue weighted by Gasteiger charge is -2.39. The minimum atomic E-state index is 0.701. The van der Waals surface area contributed by atoms with Crippen molar-refractivity contribution < 1.29 is 0 Å². The zero-order valence-corrected chi connectivity index (χ0v) is 33.5. The molecule has 0 aromatic heterocycles. The van der Waals surface area contributed by atoms with Crippen LogP contribution in [0.4, 0.5) is 34.1 Å². The quantitative estimate of drug-likeness (QED) is 0.154. The van der Waals surface area contributed by atoms with E-state index in [1.54, 1.807) is 22.3 Å². The average Bonchev–Trinajstić information content (AvgIpc) is 3.23. The fourth-order valence-corrected chi connectivity index (χ4v) is 11.2. The Morgan fingerprint density at radius 3 is 1.02 bits per heavy atom. The molecule has 0 amide bonds. The van der Waals surface area contributed by atoms with Gasteiger partial charge in [-0.15, -0.1) is 0 Å². The van der Waals surface area contributed by atoms with Crippen LogP contribution in [-0.4, -0.2) is 0 Å². The third kappa shape index (κ3) is 5.55. The van der Waals surface area contributed by atoms with E-state index < -0.39 is 0 Å². The molecule has 266 valence electrons. The fraction of sp³-hybridized carbons (Fsp3) is 0.240. The Balaban J connectivity index is 0.998. The van der Waals surface area contributed by atoms with Crippen molar-refractivity contribution in [2.75, 3.05) is 9.80 Å². The summed E-state index contributed by atoms with van der Waals surface area (Å²) in [6.07, 6.45) is 10.7. The second-order valence-electron chi connectivity index (χ2n) is 16.2. The van der Waals surface area contributed by atoms with E-state index >= 15 is 0 Å². The highest BCUT2D eigenvalue weighted by Crippen LogP contribution is 2.53. The first-order chi connectivity index (χ1) is 26.5. The van der Waals surface area contributed by atoms with E-state index in [1.807, 2.05) is 0 Å². The van der Waals surface area contributed by atoms with Crippen LogP contribution in [0.25, 0.3) is 21.5 Å². The highest BCUT2D eigenvalue weighted by atomic mass is 79.9. The molecule has 2 nitrogen and oxygen atoms in total. The van der Waals surface area contributed by atoms with Gasteiger partial charge < -0.3 is 9.80 Å². The van der Waals surface area contributed by atoms with Crippen LogP contribution in [0.15, 0.2) is 142 Å². The average molecular weight is 831 g/mol. The van der Waals surface area contributed by atoms with Crippen LogP contribution in [0.1, 0.15) is 97.3 Å². The van der Waals surface area contributed by atoms with E-state index in [4.69, 9.17) is 0 Å². The summed E-state index contributed by atoms with van der Waals surface area (Å²) in [7, 11) is 0. The second-order valence-corrected chi connectivity index (χ2v) is 18.1. The standard InChI is InChI=1S/C50H42Br2N2/c51-37-11-15-39(16-12-37)53(43-21-23-45-31-1-5-33(6-2-31)49(45)29-43)41-19-25-47-35(27-41)9-10-36-28-42(20-26-48(36)47)54(40-17-13-38(52)14-18-40)44-22-24-46-32-3-7-34(8-4-32)50(46)30-44/h9-34H,1-8H2. The molecule has 2 fully saturated rings. The zero-order valence-electron chi connectivity index (χ0n) is 30.3. The highest BCUT2D eigenvalue weighted by molar-refractivity contribution is 9.10. The van der Waals surface area contributed by atoms with Crippen molar-refractivity contribution in [3.05, 3.63) is 165 Å². The first-order valence-corrected chi connectivity index (χ1v) is 21.5. The summed E-state index contributed by atoms with van der Waals surface area (Å²) in [6.45, 7) is 0. The van der Waals surface area contributed by atoms with Gasteiger partial charge in [-0.05, 0) is 216 Å². The smallest absolute Gasteiger partial charge is 0.0468 e. The minimum absolute atomic E-state index is 0.701. The van der Waals surface area contributed by atoms with Gasteiger partial charge in [-0.1, -0.05) is 68.3 Å². The summed E-state index contributed by atoms with van der Waals surface area (Å²) in [5.74, 6) is 2.88. The van der Waals surface area contributed by atoms with Crippen LogP contribution >= 0.6 is 31.9 Å². The Morgan fingerprint density at radius 2 is 0.630 bits per heavy atom. The zero-order chi connectivity index (χ0) is 35.9. The van der Waals surface area contributed by atoms with E-state index in [0.29, 0.717) is 11.8 Å². The third-order valence-electron chi connectivity index (χ3n) is 13.4. The first-order valence-electron chi connectivity index (χ1n) is 19.9.